The van der Waals surface area contributed by atoms with Crippen molar-refractivity contribution < 1.29 is 4.79 Å². The van der Waals surface area contributed by atoms with E-state index in [9.17, 15) is 4.79 Å². The number of hydrogen-bond acceptors (Lipinski definition) is 5. The Hall–Kier alpha value is -1.67. The van der Waals surface area contributed by atoms with Crippen molar-refractivity contribution in [3.63, 3.8) is 0 Å². The van der Waals surface area contributed by atoms with E-state index >= 15 is 0 Å². The Labute approximate surface area is 192 Å². The molecule has 2 saturated heterocycles. The third kappa shape index (κ3) is 4.08. The van der Waals surface area contributed by atoms with Gasteiger partial charge in [-0.3, -0.25) is 4.79 Å². The number of hydrogen-bond donors (Lipinski definition) is 1. The van der Waals surface area contributed by atoms with Crippen molar-refractivity contribution in [3.05, 3.63) is 35.3 Å². The highest BCUT2D eigenvalue weighted by Gasteiger charge is 2.32. The molecule has 3 aromatic rings. The molecule has 30 heavy (non-hydrogen) atoms. The Morgan fingerprint density at radius 1 is 1.23 bits per heavy atom. The van der Waals surface area contributed by atoms with Gasteiger partial charge in [-0.2, -0.15) is 5.10 Å². The summed E-state index contributed by atoms with van der Waals surface area (Å²) in [6.45, 7) is 5.77. The average molecular weight is 468 g/mol. The molecule has 2 bridgehead atoms. The van der Waals surface area contributed by atoms with Crippen LogP contribution >= 0.6 is 36.2 Å². The summed E-state index contributed by atoms with van der Waals surface area (Å²) < 4.78 is 1.91. The predicted molar refractivity (Wildman–Crippen MR) is 126 cm³/mol. The fourth-order valence-electron chi connectivity index (χ4n) is 4.42. The van der Waals surface area contributed by atoms with Crippen LogP contribution < -0.4 is 5.32 Å². The van der Waals surface area contributed by atoms with Crippen LogP contribution in [0.5, 0.6) is 0 Å². The molecular formula is C21H27Cl2N5OS. The van der Waals surface area contributed by atoms with Gasteiger partial charge in [0.2, 0.25) is 0 Å². The minimum atomic E-state index is 0. The van der Waals surface area contributed by atoms with E-state index in [1.807, 2.05) is 27.1 Å². The van der Waals surface area contributed by atoms with Crippen LogP contribution in [-0.2, 0) is 0 Å². The highest BCUT2D eigenvalue weighted by molar-refractivity contribution is 7.13. The molecule has 6 nitrogen and oxygen atoms in total. The summed E-state index contributed by atoms with van der Waals surface area (Å²) in [5, 5.41) is 11.1. The summed E-state index contributed by atoms with van der Waals surface area (Å²) in [6, 6.07) is 7.20. The van der Waals surface area contributed by atoms with Crippen LogP contribution in [0, 0.1) is 0 Å². The van der Waals surface area contributed by atoms with Gasteiger partial charge in [0.15, 0.2) is 5.65 Å². The summed E-state index contributed by atoms with van der Waals surface area (Å²) >= 11 is 1.64. The molecule has 0 saturated carbocycles. The molecule has 2 atom stereocenters. The lowest BCUT2D eigenvalue weighted by Gasteiger charge is -2.24. The molecule has 0 radical (unpaired) electrons. The summed E-state index contributed by atoms with van der Waals surface area (Å²) in [6.07, 6.45) is 5.22. The molecule has 2 unspecified atom stereocenters. The highest BCUT2D eigenvalue weighted by atomic mass is 35.5. The molecule has 2 aliphatic heterocycles. The summed E-state index contributed by atoms with van der Waals surface area (Å²) in [5.41, 5.74) is 2.36. The van der Waals surface area contributed by atoms with Crippen LogP contribution in [0.1, 0.15) is 49.5 Å². The fourth-order valence-corrected chi connectivity index (χ4v) is 5.11. The van der Waals surface area contributed by atoms with Crippen LogP contribution in [0.15, 0.2) is 29.8 Å². The lowest BCUT2D eigenvalue weighted by molar-refractivity contribution is 0.0750. The van der Waals surface area contributed by atoms with Crippen molar-refractivity contribution in [2.75, 3.05) is 13.1 Å². The number of rotatable bonds is 3. The van der Waals surface area contributed by atoms with Crippen molar-refractivity contribution >= 4 is 53.1 Å². The van der Waals surface area contributed by atoms with Crippen molar-refractivity contribution in [3.8, 4) is 10.6 Å². The predicted octanol–water partition coefficient (Wildman–Crippen LogP) is 4.55. The number of likely N-dealkylation sites (tertiary alicyclic amines) is 1. The Bertz CT molecular complexity index is 1020. The van der Waals surface area contributed by atoms with Crippen LogP contribution in [-0.4, -0.2) is 50.7 Å². The van der Waals surface area contributed by atoms with Gasteiger partial charge in [-0.25, -0.2) is 9.67 Å². The molecule has 5 heterocycles. The third-order valence-electron chi connectivity index (χ3n) is 5.87. The second kappa shape index (κ2) is 9.22. The van der Waals surface area contributed by atoms with Crippen LogP contribution in [0.4, 0.5) is 0 Å². The lowest BCUT2D eigenvalue weighted by Crippen LogP contribution is -2.39. The smallest absolute Gasteiger partial charge is 0.254 e. The normalized spacial score (nSPS) is 20.7. The van der Waals surface area contributed by atoms with E-state index in [2.05, 4.69) is 30.3 Å². The first-order valence-electron chi connectivity index (χ1n) is 10.1. The monoisotopic (exact) mass is 467 g/mol. The minimum Gasteiger partial charge on any atom is -0.337 e. The molecule has 2 aliphatic rings. The molecule has 1 N–H and O–H groups in total. The summed E-state index contributed by atoms with van der Waals surface area (Å²) in [5.74, 6) is 0.0999. The Kier molecular flexibility index (Phi) is 7.07. The number of halogens is 2. The van der Waals surface area contributed by atoms with Gasteiger partial charge in [-0.1, -0.05) is 6.07 Å². The van der Waals surface area contributed by atoms with E-state index in [1.54, 1.807) is 17.5 Å². The second-order valence-corrected chi connectivity index (χ2v) is 9.08. The van der Waals surface area contributed by atoms with Gasteiger partial charge < -0.3 is 10.2 Å². The number of carbonyl (C=O) groups is 1. The molecule has 3 aromatic heterocycles. The molecule has 162 valence electrons. The first kappa shape index (κ1) is 23.0. The van der Waals surface area contributed by atoms with Gasteiger partial charge in [-0.15, -0.1) is 36.2 Å². The highest BCUT2D eigenvalue weighted by Crippen LogP contribution is 2.30. The largest absolute Gasteiger partial charge is 0.337 e. The molecule has 1 amide bonds. The quantitative estimate of drug-likeness (QED) is 0.613. The first-order valence-corrected chi connectivity index (χ1v) is 11.0. The molecule has 0 spiro atoms. The maximum absolute atomic E-state index is 13.6. The number of aromatic nitrogens is 3. The van der Waals surface area contributed by atoms with Gasteiger partial charge in [0.25, 0.3) is 5.91 Å². The molecular weight excluding hydrogens is 441 g/mol. The van der Waals surface area contributed by atoms with Gasteiger partial charge in [-0.05, 0) is 50.6 Å². The van der Waals surface area contributed by atoms with E-state index in [1.165, 1.54) is 6.42 Å². The number of pyridine rings is 1. The number of nitrogens with zero attached hydrogens (tertiary/aromatic N) is 4. The van der Waals surface area contributed by atoms with E-state index < -0.39 is 0 Å². The van der Waals surface area contributed by atoms with E-state index in [4.69, 9.17) is 4.98 Å². The van der Waals surface area contributed by atoms with Crippen LogP contribution in [0.25, 0.3) is 21.6 Å². The minimum absolute atomic E-state index is 0. The van der Waals surface area contributed by atoms with E-state index in [-0.39, 0.29) is 36.8 Å². The van der Waals surface area contributed by atoms with Crippen molar-refractivity contribution in [1.82, 2.24) is 25.0 Å². The zero-order valence-corrected chi connectivity index (χ0v) is 19.5. The van der Waals surface area contributed by atoms with Crippen LogP contribution in [0.2, 0.25) is 0 Å². The summed E-state index contributed by atoms with van der Waals surface area (Å²) in [4.78, 5) is 21.5. The molecule has 5 rings (SSSR count). The Balaban J connectivity index is 0.00000128. The van der Waals surface area contributed by atoms with Crippen molar-refractivity contribution in [1.29, 1.82) is 0 Å². The lowest BCUT2D eigenvalue weighted by atomic mass is 10.1. The maximum atomic E-state index is 13.6. The SMILES string of the molecule is CC(C)n1ncc2c(C(=O)N3CCC4CCC(C3)N4)cc(-c3cccs3)nc21.Cl.Cl. The molecule has 0 aliphatic carbocycles. The number of carbonyl (C=O) groups excluding carboxylic acids is 1. The van der Waals surface area contributed by atoms with Crippen molar-refractivity contribution in [2.45, 2.75) is 51.2 Å². The van der Waals surface area contributed by atoms with Gasteiger partial charge >= 0.3 is 0 Å². The van der Waals surface area contributed by atoms with E-state index in [0.29, 0.717) is 12.1 Å². The number of nitrogens with one attached hydrogen (secondary N) is 1. The number of amides is 1. The second-order valence-electron chi connectivity index (χ2n) is 8.13. The van der Waals surface area contributed by atoms with Crippen LogP contribution in [0.3, 0.4) is 0 Å². The maximum Gasteiger partial charge on any atom is 0.254 e. The zero-order valence-electron chi connectivity index (χ0n) is 17.1. The van der Waals surface area contributed by atoms with Gasteiger partial charge in [0, 0.05) is 31.2 Å². The summed E-state index contributed by atoms with van der Waals surface area (Å²) in [7, 11) is 0. The number of thiophene rings is 1. The fraction of sp³-hybridized carbons (Fsp3) is 0.476. The zero-order chi connectivity index (χ0) is 19.3. The Morgan fingerprint density at radius 2 is 2.03 bits per heavy atom. The first-order chi connectivity index (χ1) is 13.6. The molecule has 9 heteroatoms. The average Bonchev–Trinajstić information content (AvgIpc) is 3.39. The number of fused-ring (bicyclic) bond motifs is 3. The van der Waals surface area contributed by atoms with Crippen molar-refractivity contribution in [2.24, 2.45) is 0 Å². The molecule has 2 fully saturated rings. The topological polar surface area (TPSA) is 63.1 Å². The standard InChI is InChI=1S/C21H25N5OS.2ClH/c1-13(2)26-20-17(11-22-26)16(10-18(24-20)19-4-3-9-28-19)21(27)25-8-7-14-5-6-15(12-25)23-14;;/h3-4,9-11,13-15,23H,5-8,12H2,1-2H3;2*1H. The van der Waals surface area contributed by atoms with Gasteiger partial charge in [0.05, 0.1) is 27.7 Å². The third-order valence-corrected chi connectivity index (χ3v) is 6.76. The molecule has 0 aromatic carbocycles. The Morgan fingerprint density at radius 3 is 2.77 bits per heavy atom. The van der Waals surface area contributed by atoms with Gasteiger partial charge in [0.1, 0.15) is 0 Å². The van der Waals surface area contributed by atoms with E-state index in [0.717, 1.165) is 53.1 Å².